The van der Waals surface area contributed by atoms with Gasteiger partial charge in [-0.1, -0.05) is 30.3 Å². The Morgan fingerprint density at radius 3 is 2.35 bits per heavy atom. The number of amides is 3. The van der Waals surface area contributed by atoms with E-state index in [-0.39, 0.29) is 12.9 Å². The van der Waals surface area contributed by atoms with Crippen molar-refractivity contribution >= 4 is 57.5 Å². The number of nitrogens with zero attached hydrogens (tertiary/aromatic N) is 2. The summed E-state index contributed by atoms with van der Waals surface area (Å²) in [5.74, 6) is -4.51. The number of fused-ring (bicyclic) bond motifs is 2. The predicted octanol–water partition coefficient (Wildman–Crippen LogP) is -0.994. The van der Waals surface area contributed by atoms with Crippen molar-refractivity contribution in [2.75, 3.05) is 0 Å². The highest BCUT2D eigenvalue weighted by atomic mass is 32.2. The van der Waals surface area contributed by atoms with Gasteiger partial charge in [-0.25, -0.2) is 13.2 Å². The Labute approximate surface area is 234 Å². The number of rotatable bonds is 7. The fourth-order valence-corrected chi connectivity index (χ4v) is 10.1. The van der Waals surface area contributed by atoms with E-state index in [9.17, 15) is 37.2 Å². The molecule has 214 valence electrons. The maximum atomic E-state index is 14.5. The molecule has 6 atom stereocenters. The number of nitrogens with one attached hydrogen (secondary N) is 1. The lowest BCUT2D eigenvalue weighted by Crippen LogP contribution is -2.80. The van der Waals surface area contributed by atoms with Crippen molar-refractivity contribution in [3.8, 4) is 0 Å². The van der Waals surface area contributed by atoms with Crippen molar-refractivity contribution in [2.24, 2.45) is 5.73 Å². The van der Waals surface area contributed by atoms with Gasteiger partial charge in [0.25, 0.3) is 5.91 Å². The lowest BCUT2D eigenvalue weighted by molar-refractivity contribution is -0.182. The van der Waals surface area contributed by atoms with Crippen molar-refractivity contribution in [2.45, 2.75) is 78.0 Å². The Morgan fingerprint density at radius 2 is 1.77 bits per heavy atom. The summed E-state index contributed by atoms with van der Waals surface area (Å²) in [4.78, 5) is 80.3. The van der Waals surface area contributed by atoms with E-state index < -0.39 is 83.2 Å². The van der Waals surface area contributed by atoms with Crippen LogP contribution >= 0.6 is 11.8 Å². The molecule has 0 spiro atoms. The molecule has 0 aliphatic carbocycles. The normalized spacial score (nSPS) is 33.1. The van der Waals surface area contributed by atoms with Crippen molar-refractivity contribution in [3.05, 3.63) is 35.9 Å². The van der Waals surface area contributed by atoms with Gasteiger partial charge in [-0.2, -0.15) is 0 Å². The van der Waals surface area contributed by atoms with Gasteiger partial charge in [0.2, 0.25) is 17.4 Å². The molecule has 0 saturated carbocycles. The molecule has 4 aliphatic heterocycles. The third-order valence-corrected chi connectivity index (χ3v) is 12.9. The fraction of sp³-hybridized carbons (Fsp3) is 0.520. The number of Topliss-reactive ketones (excluding diaryl/α,β-unsaturated/α-hetero) is 1. The van der Waals surface area contributed by atoms with Crippen molar-refractivity contribution in [1.82, 2.24) is 15.1 Å². The maximum absolute atomic E-state index is 14.5. The van der Waals surface area contributed by atoms with Crippen molar-refractivity contribution in [3.63, 3.8) is 0 Å². The maximum Gasteiger partial charge on any atom is 0.348 e. The van der Waals surface area contributed by atoms with E-state index in [2.05, 4.69) is 10.1 Å². The minimum atomic E-state index is -4.03. The first kappa shape index (κ1) is 28.2. The molecule has 1 unspecified atom stereocenters. The molecule has 4 saturated heterocycles. The number of carbonyl (C=O) groups is 6. The second-order valence-corrected chi connectivity index (χ2v) is 15.6. The Bertz CT molecular complexity index is 1460. The third-order valence-electron chi connectivity index (χ3n) is 8.46. The molecule has 4 fully saturated rings. The van der Waals surface area contributed by atoms with Crippen LogP contribution in [0.3, 0.4) is 0 Å². The first-order valence-corrected chi connectivity index (χ1v) is 14.9. The van der Waals surface area contributed by atoms with Gasteiger partial charge in [0.05, 0.1) is 15.9 Å². The lowest BCUT2D eigenvalue weighted by Gasteiger charge is -2.51. The first-order valence-electron chi connectivity index (χ1n) is 12.4. The van der Waals surface area contributed by atoms with Crippen LogP contribution in [0.2, 0.25) is 0 Å². The molecule has 13 nitrogen and oxygen atoms in total. The first-order chi connectivity index (χ1) is 18.6. The van der Waals surface area contributed by atoms with Crippen LogP contribution in [0, 0.1) is 0 Å². The number of ketones is 1. The molecule has 0 bridgehead atoms. The van der Waals surface area contributed by atoms with Gasteiger partial charge in [0.1, 0.15) is 28.9 Å². The summed E-state index contributed by atoms with van der Waals surface area (Å²) in [7, 11) is -4.03. The zero-order valence-corrected chi connectivity index (χ0v) is 23.7. The van der Waals surface area contributed by atoms with Gasteiger partial charge in [-0.3, -0.25) is 24.0 Å². The molecule has 5 rings (SSSR count). The number of carbonyl (C=O) groups excluding carboxylic acids is 6. The fourth-order valence-electron chi connectivity index (χ4n) is 6.25. The molecular formula is C25H28N4O9S2. The Hall–Kier alpha value is -3.30. The highest BCUT2D eigenvalue weighted by molar-refractivity contribution is 8.01. The van der Waals surface area contributed by atoms with E-state index in [1.807, 2.05) is 0 Å². The minimum absolute atomic E-state index is 0.179. The number of esters is 1. The van der Waals surface area contributed by atoms with E-state index in [1.165, 1.54) is 27.7 Å². The second-order valence-electron chi connectivity index (χ2n) is 11.2. The van der Waals surface area contributed by atoms with E-state index in [4.69, 9.17) is 5.73 Å². The Kier molecular flexibility index (Phi) is 6.25. The summed E-state index contributed by atoms with van der Waals surface area (Å²) in [6.45, 7) is 5.35. The summed E-state index contributed by atoms with van der Waals surface area (Å²) < 4.78 is 27.9. The molecule has 0 aromatic heterocycles. The van der Waals surface area contributed by atoms with Crippen molar-refractivity contribution < 1.29 is 41.9 Å². The van der Waals surface area contributed by atoms with Crippen LogP contribution in [-0.4, -0.2) is 92.0 Å². The quantitative estimate of drug-likeness (QED) is 0.171. The van der Waals surface area contributed by atoms with E-state index in [1.54, 1.807) is 30.3 Å². The Balaban J connectivity index is 1.53. The molecule has 15 heteroatoms. The highest BCUT2D eigenvalue weighted by Gasteiger charge is 2.80. The van der Waals surface area contributed by atoms with Crippen LogP contribution in [0.25, 0.3) is 0 Å². The summed E-state index contributed by atoms with van der Waals surface area (Å²) in [5, 5.41) is 0.387. The topological polar surface area (TPSA) is 190 Å². The molecule has 3 amide bonds. The third kappa shape index (κ3) is 3.34. The molecule has 1 aromatic carbocycles. The largest absolute Gasteiger partial charge is 0.393 e. The van der Waals surface area contributed by atoms with Gasteiger partial charge in [0.15, 0.2) is 15.6 Å². The van der Waals surface area contributed by atoms with Gasteiger partial charge >= 0.3 is 12.4 Å². The lowest BCUT2D eigenvalue weighted by atomic mass is 9.72. The monoisotopic (exact) mass is 592 g/mol. The van der Waals surface area contributed by atoms with Crippen LogP contribution < -0.4 is 11.1 Å². The number of β-lactam (4-membered cyclic amide) rings is 2. The van der Waals surface area contributed by atoms with Crippen LogP contribution in [0.15, 0.2) is 30.3 Å². The number of hydrogen-bond donors (Lipinski definition) is 2. The standard InChI is InChI=1S/C25H28N4O9S2/c1-23(2)17(28-13(31)10-14(28)40(23,36)37)18(32)25(22(35)38-11-30)24(3,4)39-21-16(20(34)29(21)25)27-19(33)15(26)12-8-6-5-7-9-12/h5-9,11,14-17,21H,10,26H2,1-4H3,(H,27,33)/t14-,15?,16-,17+,21-,25+/m1/s1. The predicted molar refractivity (Wildman–Crippen MR) is 140 cm³/mol. The second kappa shape index (κ2) is 8.85. The zero-order valence-electron chi connectivity index (χ0n) is 22.0. The Morgan fingerprint density at radius 1 is 1.15 bits per heavy atom. The van der Waals surface area contributed by atoms with Gasteiger partial charge < -0.3 is 25.6 Å². The molecule has 0 radical (unpaired) electrons. The van der Waals surface area contributed by atoms with Crippen LogP contribution in [0.1, 0.15) is 45.7 Å². The molecule has 4 heterocycles. The number of hydrogen-bond acceptors (Lipinski definition) is 11. The summed E-state index contributed by atoms with van der Waals surface area (Å²) >= 11 is 1.01. The van der Waals surface area contributed by atoms with E-state index in [0.29, 0.717) is 5.56 Å². The van der Waals surface area contributed by atoms with E-state index in [0.717, 1.165) is 21.6 Å². The zero-order chi connectivity index (χ0) is 29.6. The highest BCUT2D eigenvalue weighted by Crippen LogP contribution is 2.59. The molecule has 40 heavy (non-hydrogen) atoms. The number of ether oxygens (including phenoxy) is 1. The van der Waals surface area contributed by atoms with Crippen LogP contribution in [0.5, 0.6) is 0 Å². The van der Waals surface area contributed by atoms with Gasteiger partial charge in [0, 0.05) is 0 Å². The summed E-state index contributed by atoms with van der Waals surface area (Å²) in [6.07, 6.45) is -0.305. The molecule has 1 aromatic rings. The van der Waals surface area contributed by atoms with Crippen LogP contribution in [-0.2, 0) is 43.3 Å². The number of thioether (sulfide) groups is 1. The van der Waals surface area contributed by atoms with Crippen molar-refractivity contribution in [1.29, 1.82) is 0 Å². The number of nitrogens with two attached hydrogens (primary N) is 1. The smallest absolute Gasteiger partial charge is 0.348 e. The summed E-state index contributed by atoms with van der Waals surface area (Å²) in [6, 6.07) is 4.53. The average Bonchev–Trinajstić information content (AvgIpc) is 3.19. The van der Waals surface area contributed by atoms with Crippen LogP contribution in [0.4, 0.5) is 0 Å². The van der Waals surface area contributed by atoms with Gasteiger partial charge in [-0.15, -0.1) is 11.8 Å². The SMILES string of the molecule is CC1(C)S[C@@H]2[C@H](NC(=O)C(N)c3ccccc3)C(=O)N2[C@]1(C(=O)OC=O)C(=O)[C@@H]1N2C(=O)C[C@H]2S(=O)(=O)C1(C)C. The molecule has 3 N–H and O–H groups in total. The van der Waals surface area contributed by atoms with E-state index >= 15 is 0 Å². The van der Waals surface area contributed by atoms with Gasteiger partial charge in [-0.05, 0) is 33.3 Å². The molecule has 4 aliphatic rings. The number of benzene rings is 1. The minimum Gasteiger partial charge on any atom is -0.393 e. The average molecular weight is 593 g/mol. The molecular weight excluding hydrogens is 564 g/mol. The number of sulfone groups is 1. The summed E-state index contributed by atoms with van der Waals surface area (Å²) in [5.41, 5.74) is 4.09.